The molecule has 1 saturated carbocycles. The summed E-state index contributed by atoms with van der Waals surface area (Å²) in [5.74, 6) is -1.02. The summed E-state index contributed by atoms with van der Waals surface area (Å²) in [4.78, 5) is 23.4. The Balaban J connectivity index is 2.14. The van der Waals surface area contributed by atoms with E-state index in [1.54, 1.807) is 0 Å². The number of nitrogens with zero attached hydrogens (tertiary/aromatic N) is 1. The smallest absolute Gasteiger partial charge is 0.326 e. The molecule has 0 saturated heterocycles. The van der Waals surface area contributed by atoms with Crippen LogP contribution in [-0.4, -0.2) is 54.4 Å². The van der Waals surface area contributed by atoms with Crippen molar-refractivity contribution in [2.75, 3.05) is 20.2 Å². The summed E-state index contributed by atoms with van der Waals surface area (Å²) >= 11 is 0. The van der Waals surface area contributed by atoms with E-state index in [0.717, 1.165) is 17.7 Å². The third kappa shape index (κ3) is 4.52. The standard InChI is InChI=1S/C12H22N2O4/c1-9(11(15)16)14(2)12(17)13-7-8-18-10-5-3-4-6-10/h9-10H,3-8H2,1-2H3,(H,13,17)(H,15,16). The van der Waals surface area contributed by atoms with Crippen LogP contribution in [0.3, 0.4) is 0 Å². The van der Waals surface area contributed by atoms with Crippen LogP contribution < -0.4 is 5.32 Å². The predicted octanol–water partition coefficient (Wildman–Crippen LogP) is 1.06. The number of rotatable bonds is 6. The zero-order valence-electron chi connectivity index (χ0n) is 11.0. The Bertz CT molecular complexity index is 290. The molecule has 1 aliphatic carbocycles. The van der Waals surface area contributed by atoms with Gasteiger partial charge in [-0.15, -0.1) is 0 Å². The molecule has 0 spiro atoms. The highest BCUT2D eigenvalue weighted by Gasteiger charge is 2.21. The largest absolute Gasteiger partial charge is 0.480 e. The van der Waals surface area contributed by atoms with Crippen molar-refractivity contribution in [2.24, 2.45) is 0 Å². The summed E-state index contributed by atoms with van der Waals surface area (Å²) in [5.41, 5.74) is 0. The molecular weight excluding hydrogens is 236 g/mol. The number of aliphatic carboxylic acids is 1. The minimum Gasteiger partial charge on any atom is -0.480 e. The molecule has 0 radical (unpaired) electrons. The second-order valence-electron chi connectivity index (χ2n) is 4.63. The number of urea groups is 1. The zero-order valence-corrected chi connectivity index (χ0v) is 11.0. The number of nitrogens with one attached hydrogen (secondary N) is 1. The van der Waals surface area contributed by atoms with Gasteiger partial charge in [-0.1, -0.05) is 12.8 Å². The van der Waals surface area contributed by atoms with Crippen LogP contribution in [0.2, 0.25) is 0 Å². The third-order valence-electron chi connectivity index (χ3n) is 3.29. The van der Waals surface area contributed by atoms with Crippen molar-refractivity contribution >= 4 is 12.0 Å². The molecule has 2 amide bonds. The second kappa shape index (κ2) is 7.20. The van der Waals surface area contributed by atoms with E-state index in [2.05, 4.69) is 5.32 Å². The number of hydrogen-bond acceptors (Lipinski definition) is 3. The van der Waals surface area contributed by atoms with E-state index in [4.69, 9.17) is 9.84 Å². The van der Waals surface area contributed by atoms with Crippen LogP contribution in [0, 0.1) is 0 Å². The van der Waals surface area contributed by atoms with Crippen LogP contribution in [-0.2, 0) is 9.53 Å². The van der Waals surface area contributed by atoms with Crippen molar-refractivity contribution in [3.63, 3.8) is 0 Å². The van der Waals surface area contributed by atoms with Crippen LogP contribution in [0.15, 0.2) is 0 Å². The summed E-state index contributed by atoms with van der Waals surface area (Å²) in [6, 6.07) is -1.22. The minimum absolute atomic E-state index is 0.331. The van der Waals surface area contributed by atoms with Gasteiger partial charge in [0.1, 0.15) is 6.04 Å². The first-order valence-electron chi connectivity index (χ1n) is 6.37. The first-order valence-corrected chi connectivity index (χ1v) is 6.37. The summed E-state index contributed by atoms with van der Waals surface area (Å²) in [6.07, 6.45) is 4.97. The lowest BCUT2D eigenvalue weighted by molar-refractivity contribution is -0.141. The molecule has 0 aromatic rings. The Morgan fingerprint density at radius 2 is 2.06 bits per heavy atom. The van der Waals surface area contributed by atoms with E-state index in [9.17, 15) is 9.59 Å². The van der Waals surface area contributed by atoms with Gasteiger partial charge in [-0.25, -0.2) is 9.59 Å². The maximum atomic E-state index is 11.6. The zero-order chi connectivity index (χ0) is 13.5. The molecule has 18 heavy (non-hydrogen) atoms. The molecule has 1 fully saturated rings. The highest BCUT2D eigenvalue weighted by molar-refractivity contribution is 5.82. The van der Waals surface area contributed by atoms with Gasteiger partial charge in [0.2, 0.25) is 0 Å². The lowest BCUT2D eigenvalue weighted by atomic mass is 10.3. The summed E-state index contributed by atoms with van der Waals surface area (Å²) < 4.78 is 5.59. The Morgan fingerprint density at radius 1 is 1.44 bits per heavy atom. The highest BCUT2D eigenvalue weighted by atomic mass is 16.5. The van der Waals surface area contributed by atoms with Crippen molar-refractivity contribution in [2.45, 2.75) is 44.8 Å². The summed E-state index contributed by atoms with van der Waals surface area (Å²) in [5, 5.41) is 11.4. The maximum absolute atomic E-state index is 11.6. The first kappa shape index (κ1) is 14.8. The fourth-order valence-corrected chi connectivity index (χ4v) is 1.90. The van der Waals surface area contributed by atoms with Crippen molar-refractivity contribution in [1.29, 1.82) is 0 Å². The predicted molar refractivity (Wildman–Crippen MR) is 66.5 cm³/mol. The van der Waals surface area contributed by atoms with Gasteiger partial charge in [0.25, 0.3) is 0 Å². The average molecular weight is 258 g/mol. The van der Waals surface area contributed by atoms with Crippen LogP contribution in [0.1, 0.15) is 32.6 Å². The molecule has 0 heterocycles. The van der Waals surface area contributed by atoms with Crippen molar-refractivity contribution in [1.82, 2.24) is 10.2 Å². The van der Waals surface area contributed by atoms with Gasteiger partial charge in [0.05, 0.1) is 12.7 Å². The third-order valence-corrected chi connectivity index (χ3v) is 3.29. The second-order valence-corrected chi connectivity index (χ2v) is 4.63. The van der Waals surface area contributed by atoms with Crippen molar-refractivity contribution in [3.05, 3.63) is 0 Å². The van der Waals surface area contributed by atoms with Crippen LogP contribution in [0.25, 0.3) is 0 Å². The van der Waals surface area contributed by atoms with E-state index in [1.807, 2.05) is 0 Å². The number of carboxylic acids is 1. The van der Waals surface area contributed by atoms with Gasteiger partial charge in [-0.2, -0.15) is 0 Å². The minimum atomic E-state index is -1.02. The van der Waals surface area contributed by atoms with Gasteiger partial charge in [0, 0.05) is 13.6 Å². The summed E-state index contributed by atoms with van der Waals surface area (Å²) in [6.45, 7) is 2.36. The fourth-order valence-electron chi connectivity index (χ4n) is 1.90. The Labute approximate surface area is 107 Å². The van der Waals surface area contributed by atoms with Crippen LogP contribution in [0.5, 0.6) is 0 Å². The Morgan fingerprint density at radius 3 is 2.61 bits per heavy atom. The molecule has 0 aliphatic heterocycles. The number of hydrogen-bond donors (Lipinski definition) is 2. The Hall–Kier alpha value is -1.30. The molecule has 6 heteroatoms. The molecular formula is C12H22N2O4. The van der Waals surface area contributed by atoms with E-state index in [-0.39, 0.29) is 6.03 Å². The lowest BCUT2D eigenvalue weighted by Gasteiger charge is -2.22. The molecule has 104 valence electrons. The fraction of sp³-hybridized carbons (Fsp3) is 0.833. The molecule has 2 N–H and O–H groups in total. The summed E-state index contributed by atoms with van der Waals surface area (Å²) in [7, 11) is 1.46. The van der Waals surface area contributed by atoms with E-state index in [1.165, 1.54) is 26.8 Å². The lowest BCUT2D eigenvalue weighted by Crippen LogP contribution is -2.46. The normalized spacial score (nSPS) is 17.4. The topological polar surface area (TPSA) is 78.9 Å². The number of likely N-dealkylation sites (N-methyl/N-ethyl adjacent to an activating group) is 1. The first-order chi connectivity index (χ1) is 8.52. The number of ether oxygens (including phenoxy) is 1. The van der Waals surface area contributed by atoms with Crippen molar-refractivity contribution in [3.8, 4) is 0 Å². The number of carboxylic acid groups (broad SMARTS) is 1. The molecule has 1 unspecified atom stereocenters. The number of carbonyl (C=O) groups excluding carboxylic acids is 1. The van der Waals surface area contributed by atoms with Gasteiger partial charge in [-0.05, 0) is 19.8 Å². The Kier molecular flexibility index (Phi) is 5.91. The van der Waals surface area contributed by atoms with Crippen molar-refractivity contribution < 1.29 is 19.4 Å². The maximum Gasteiger partial charge on any atom is 0.326 e. The van der Waals surface area contributed by atoms with E-state index < -0.39 is 12.0 Å². The highest BCUT2D eigenvalue weighted by Crippen LogP contribution is 2.20. The molecule has 0 aromatic heterocycles. The molecule has 0 aromatic carbocycles. The molecule has 0 bridgehead atoms. The van der Waals surface area contributed by atoms with Gasteiger partial charge >= 0.3 is 12.0 Å². The quantitative estimate of drug-likeness (QED) is 0.698. The molecule has 1 aliphatic rings. The monoisotopic (exact) mass is 258 g/mol. The number of carbonyl (C=O) groups is 2. The average Bonchev–Trinajstić information content (AvgIpc) is 2.85. The SMILES string of the molecule is CC(C(=O)O)N(C)C(=O)NCCOC1CCCC1. The molecule has 1 rings (SSSR count). The molecule has 6 nitrogen and oxygen atoms in total. The van der Waals surface area contributed by atoms with Crippen LogP contribution >= 0.6 is 0 Å². The molecule has 1 atom stereocenters. The van der Waals surface area contributed by atoms with Gasteiger partial charge in [-0.3, -0.25) is 0 Å². The van der Waals surface area contributed by atoms with E-state index >= 15 is 0 Å². The van der Waals surface area contributed by atoms with Gasteiger partial charge < -0.3 is 20.1 Å². The van der Waals surface area contributed by atoms with E-state index in [0.29, 0.717) is 19.3 Å². The number of amides is 2. The van der Waals surface area contributed by atoms with Gasteiger partial charge in [0.15, 0.2) is 0 Å². The van der Waals surface area contributed by atoms with Crippen LogP contribution in [0.4, 0.5) is 4.79 Å².